The van der Waals surface area contributed by atoms with Crippen LogP contribution in [-0.2, 0) is 10.0 Å². The van der Waals surface area contributed by atoms with Crippen LogP contribution in [0.25, 0.3) is 0 Å². The minimum Gasteiger partial charge on any atom is -0.399 e. The molecule has 0 aliphatic heterocycles. The van der Waals surface area contributed by atoms with Gasteiger partial charge in [0.1, 0.15) is 0 Å². The molecular formula is C13H20N2O3S2. The van der Waals surface area contributed by atoms with Crippen LogP contribution in [0.1, 0.15) is 12.8 Å². The SMILES string of the molecule is Nc1cccc(SCCS(=O)(=O)N(CCO)C2CC2)c1. The summed E-state index contributed by atoms with van der Waals surface area (Å²) in [4.78, 5) is 0.973. The van der Waals surface area contributed by atoms with Gasteiger partial charge in [0.2, 0.25) is 10.0 Å². The Balaban J connectivity index is 1.88. The van der Waals surface area contributed by atoms with Gasteiger partial charge in [-0.3, -0.25) is 0 Å². The smallest absolute Gasteiger partial charge is 0.215 e. The summed E-state index contributed by atoms with van der Waals surface area (Å²) in [6.45, 7) is 0.0774. The van der Waals surface area contributed by atoms with E-state index in [0.29, 0.717) is 11.4 Å². The number of anilines is 1. The zero-order valence-electron chi connectivity index (χ0n) is 11.2. The van der Waals surface area contributed by atoms with Crippen LogP contribution >= 0.6 is 11.8 Å². The summed E-state index contributed by atoms with van der Waals surface area (Å²) >= 11 is 1.48. The number of nitrogens with two attached hydrogens (primary N) is 1. The van der Waals surface area contributed by atoms with E-state index in [4.69, 9.17) is 10.8 Å². The van der Waals surface area contributed by atoms with Gasteiger partial charge in [0.25, 0.3) is 0 Å². The molecule has 1 fully saturated rings. The van der Waals surface area contributed by atoms with Crippen molar-refractivity contribution in [1.82, 2.24) is 4.31 Å². The third-order valence-corrected chi connectivity index (χ3v) is 6.27. The van der Waals surface area contributed by atoms with E-state index in [1.807, 2.05) is 18.2 Å². The summed E-state index contributed by atoms with van der Waals surface area (Å²) in [7, 11) is -3.28. The standard InChI is InChI=1S/C13H20N2O3S2/c14-11-2-1-3-13(10-11)19-8-9-20(17,18)15(6-7-16)12-4-5-12/h1-3,10,12,16H,4-9,14H2. The van der Waals surface area contributed by atoms with Gasteiger partial charge in [-0.2, -0.15) is 4.31 Å². The molecule has 2 rings (SSSR count). The fourth-order valence-corrected chi connectivity index (χ4v) is 5.06. The van der Waals surface area contributed by atoms with Crippen LogP contribution in [0.5, 0.6) is 0 Å². The molecular weight excluding hydrogens is 296 g/mol. The number of thioether (sulfide) groups is 1. The van der Waals surface area contributed by atoms with Crippen LogP contribution in [0.2, 0.25) is 0 Å². The van der Waals surface area contributed by atoms with Crippen molar-refractivity contribution in [3.8, 4) is 0 Å². The molecule has 1 saturated carbocycles. The fourth-order valence-electron chi connectivity index (χ4n) is 2.00. The molecule has 0 amide bonds. The maximum absolute atomic E-state index is 12.2. The zero-order chi connectivity index (χ0) is 14.6. The van der Waals surface area contributed by atoms with Gasteiger partial charge in [-0.15, -0.1) is 11.8 Å². The number of sulfonamides is 1. The lowest BCUT2D eigenvalue weighted by molar-refractivity contribution is 0.250. The third-order valence-electron chi connectivity index (χ3n) is 3.10. The van der Waals surface area contributed by atoms with Crippen molar-refractivity contribution in [3.63, 3.8) is 0 Å². The normalized spacial score (nSPS) is 15.7. The average Bonchev–Trinajstić information content (AvgIpc) is 3.20. The Morgan fingerprint density at radius 3 is 2.75 bits per heavy atom. The summed E-state index contributed by atoms with van der Waals surface area (Å²) in [6, 6.07) is 7.51. The maximum Gasteiger partial charge on any atom is 0.215 e. The molecule has 0 heterocycles. The van der Waals surface area contributed by atoms with Crippen LogP contribution in [0.4, 0.5) is 5.69 Å². The van der Waals surface area contributed by atoms with Gasteiger partial charge < -0.3 is 10.8 Å². The Bertz CT molecular complexity index is 544. The van der Waals surface area contributed by atoms with E-state index in [1.54, 1.807) is 6.07 Å². The number of hydrogen-bond acceptors (Lipinski definition) is 5. The van der Waals surface area contributed by atoms with Crippen molar-refractivity contribution in [2.45, 2.75) is 23.8 Å². The van der Waals surface area contributed by atoms with E-state index < -0.39 is 10.0 Å². The van der Waals surface area contributed by atoms with E-state index in [0.717, 1.165) is 17.7 Å². The predicted molar refractivity (Wildman–Crippen MR) is 82.2 cm³/mol. The van der Waals surface area contributed by atoms with Crippen LogP contribution < -0.4 is 5.73 Å². The second kappa shape index (κ2) is 6.80. The van der Waals surface area contributed by atoms with Crippen LogP contribution in [0.15, 0.2) is 29.2 Å². The molecule has 0 spiro atoms. The number of aliphatic hydroxyl groups is 1. The molecule has 0 atom stereocenters. The molecule has 20 heavy (non-hydrogen) atoms. The highest BCUT2D eigenvalue weighted by molar-refractivity contribution is 8.00. The zero-order valence-corrected chi connectivity index (χ0v) is 12.9. The largest absolute Gasteiger partial charge is 0.399 e. The number of nitrogen functional groups attached to an aromatic ring is 1. The number of nitrogens with zero attached hydrogens (tertiary/aromatic N) is 1. The summed E-state index contributed by atoms with van der Waals surface area (Å²) < 4.78 is 25.9. The Labute approximate surface area is 124 Å². The first-order valence-electron chi connectivity index (χ1n) is 6.61. The molecule has 0 aromatic heterocycles. The molecule has 0 saturated heterocycles. The molecule has 7 heteroatoms. The van der Waals surface area contributed by atoms with Crippen molar-refractivity contribution >= 4 is 27.5 Å². The molecule has 3 N–H and O–H groups in total. The van der Waals surface area contributed by atoms with E-state index in [1.165, 1.54) is 16.1 Å². The molecule has 5 nitrogen and oxygen atoms in total. The third kappa shape index (κ3) is 4.37. The minimum atomic E-state index is -3.28. The lowest BCUT2D eigenvalue weighted by Gasteiger charge is -2.20. The minimum absolute atomic E-state index is 0.0863. The van der Waals surface area contributed by atoms with E-state index in [9.17, 15) is 8.42 Å². The average molecular weight is 316 g/mol. The molecule has 1 aliphatic carbocycles. The summed E-state index contributed by atoms with van der Waals surface area (Å²) in [5.41, 5.74) is 6.36. The van der Waals surface area contributed by atoms with E-state index >= 15 is 0 Å². The first-order valence-corrected chi connectivity index (χ1v) is 9.21. The van der Waals surface area contributed by atoms with Crippen LogP contribution in [-0.4, -0.2) is 48.5 Å². The van der Waals surface area contributed by atoms with Gasteiger partial charge in [-0.05, 0) is 31.0 Å². The van der Waals surface area contributed by atoms with Crippen molar-refractivity contribution in [2.75, 3.05) is 30.4 Å². The lowest BCUT2D eigenvalue weighted by atomic mass is 10.3. The van der Waals surface area contributed by atoms with Crippen LogP contribution in [0.3, 0.4) is 0 Å². The van der Waals surface area contributed by atoms with Crippen LogP contribution in [0, 0.1) is 0 Å². The fraction of sp³-hybridized carbons (Fsp3) is 0.538. The van der Waals surface area contributed by atoms with Gasteiger partial charge in [-0.25, -0.2) is 8.42 Å². The van der Waals surface area contributed by atoms with Gasteiger partial charge >= 0.3 is 0 Å². The second-order valence-corrected chi connectivity index (χ2v) is 8.01. The number of hydrogen-bond donors (Lipinski definition) is 2. The Kier molecular flexibility index (Phi) is 5.31. The molecule has 0 unspecified atom stereocenters. The van der Waals surface area contributed by atoms with Gasteiger partial charge in [0, 0.05) is 28.9 Å². The van der Waals surface area contributed by atoms with Crippen molar-refractivity contribution in [2.24, 2.45) is 0 Å². The second-order valence-electron chi connectivity index (χ2n) is 4.80. The molecule has 0 radical (unpaired) electrons. The Morgan fingerprint density at radius 1 is 1.40 bits per heavy atom. The molecule has 1 aromatic carbocycles. The highest BCUT2D eigenvalue weighted by Gasteiger charge is 2.36. The summed E-state index contributed by atoms with van der Waals surface area (Å²) in [5, 5.41) is 8.99. The van der Waals surface area contributed by atoms with Gasteiger partial charge in [-0.1, -0.05) is 6.07 Å². The first kappa shape index (κ1) is 15.6. The number of benzene rings is 1. The topological polar surface area (TPSA) is 83.6 Å². The quantitative estimate of drug-likeness (QED) is 0.555. The van der Waals surface area contributed by atoms with Crippen molar-refractivity contribution in [3.05, 3.63) is 24.3 Å². The van der Waals surface area contributed by atoms with E-state index in [2.05, 4.69) is 0 Å². The Hall–Kier alpha value is -0.760. The molecule has 1 aromatic rings. The van der Waals surface area contributed by atoms with Crippen molar-refractivity contribution in [1.29, 1.82) is 0 Å². The summed E-state index contributed by atoms with van der Waals surface area (Å²) in [6.07, 6.45) is 1.81. The number of aliphatic hydroxyl groups excluding tert-OH is 1. The number of rotatable bonds is 8. The van der Waals surface area contributed by atoms with Crippen molar-refractivity contribution < 1.29 is 13.5 Å². The lowest BCUT2D eigenvalue weighted by Crippen LogP contribution is -2.37. The highest BCUT2D eigenvalue weighted by Crippen LogP contribution is 2.29. The summed E-state index contributed by atoms with van der Waals surface area (Å²) in [5.74, 6) is 0.573. The Morgan fingerprint density at radius 2 is 2.15 bits per heavy atom. The molecule has 112 valence electrons. The van der Waals surface area contributed by atoms with E-state index in [-0.39, 0.29) is 24.9 Å². The highest BCUT2D eigenvalue weighted by atomic mass is 32.2. The predicted octanol–water partition coefficient (Wildman–Crippen LogP) is 1.15. The first-order chi connectivity index (χ1) is 9.53. The van der Waals surface area contributed by atoms with Gasteiger partial charge in [0.15, 0.2) is 0 Å². The maximum atomic E-state index is 12.2. The van der Waals surface area contributed by atoms with Gasteiger partial charge in [0.05, 0.1) is 12.4 Å². The molecule has 1 aliphatic rings. The monoisotopic (exact) mass is 316 g/mol. The molecule has 0 bridgehead atoms.